The highest BCUT2D eigenvalue weighted by atomic mass is 32.2. The van der Waals surface area contributed by atoms with Gasteiger partial charge in [-0.3, -0.25) is 14.9 Å². The number of non-ortho nitro benzene ring substituents is 1. The number of nitrogens with zero attached hydrogens (tertiary/aromatic N) is 2. The van der Waals surface area contributed by atoms with Crippen LogP contribution < -0.4 is 14.3 Å². The molecule has 0 aliphatic rings. The average Bonchev–Trinajstić information content (AvgIpc) is 2.89. The van der Waals surface area contributed by atoms with Crippen molar-refractivity contribution in [3.05, 3.63) is 94.0 Å². The van der Waals surface area contributed by atoms with E-state index in [0.29, 0.717) is 0 Å². The summed E-state index contributed by atoms with van der Waals surface area (Å²) >= 11 is 0. The molecule has 2 N–H and O–H groups in total. The number of carbonyl (C=O) groups is 1. The van der Waals surface area contributed by atoms with Gasteiger partial charge < -0.3 is 4.18 Å². The fourth-order valence-corrected chi connectivity index (χ4v) is 5.62. The van der Waals surface area contributed by atoms with Gasteiger partial charge in [0, 0.05) is 17.7 Å². The molecule has 0 heterocycles. The van der Waals surface area contributed by atoms with Gasteiger partial charge in [0.25, 0.3) is 11.6 Å². The minimum Gasteiger partial charge on any atom is -0.378 e. The summed E-state index contributed by atoms with van der Waals surface area (Å²) in [4.78, 5) is 22.8. The second kappa shape index (κ2) is 12.8. The molecule has 0 saturated carbocycles. The minimum atomic E-state index is -4.34. The molecule has 1 amide bonds. The van der Waals surface area contributed by atoms with Crippen molar-refractivity contribution in [3.8, 4) is 5.75 Å². The lowest BCUT2D eigenvalue weighted by molar-refractivity contribution is -0.384. The monoisotopic (exact) mass is 588 g/mol. The van der Waals surface area contributed by atoms with E-state index in [1.165, 1.54) is 30.3 Å². The maximum Gasteiger partial charge on any atom is 0.339 e. The van der Waals surface area contributed by atoms with Crippen LogP contribution in [0.2, 0.25) is 0 Å². The predicted molar refractivity (Wildman–Crippen MR) is 148 cm³/mol. The number of rotatable bonds is 12. The second-order valence-corrected chi connectivity index (χ2v) is 12.4. The van der Waals surface area contributed by atoms with Crippen molar-refractivity contribution in [3.63, 3.8) is 0 Å². The van der Waals surface area contributed by atoms with Crippen LogP contribution in [0.5, 0.6) is 5.75 Å². The van der Waals surface area contributed by atoms with E-state index < -0.39 is 37.0 Å². The molecule has 0 aliphatic carbocycles. The third-order valence-corrected chi connectivity index (χ3v) is 8.22. The topological polar surface area (TPSA) is 174 Å². The number of benzene rings is 3. The highest BCUT2D eigenvalue weighted by molar-refractivity contribution is 7.89. The summed E-state index contributed by atoms with van der Waals surface area (Å²) in [5.41, 5.74) is 3.09. The first-order valence-electron chi connectivity index (χ1n) is 12.0. The van der Waals surface area contributed by atoms with Crippen molar-refractivity contribution in [2.75, 3.05) is 0 Å². The number of nitro groups is 1. The van der Waals surface area contributed by atoms with Gasteiger partial charge in [-0.05, 0) is 55.7 Å². The van der Waals surface area contributed by atoms with Gasteiger partial charge in [0.1, 0.15) is 10.9 Å². The maximum absolute atomic E-state index is 12.9. The Morgan fingerprint density at radius 2 is 1.57 bits per heavy atom. The van der Waals surface area contributed by atoms with Crippen molar-refractivity contribution >= 4 is 38.0 Å². The number of para-hydroxylation sites is 1. The SMILES string of the molecule is Cc1ccc(S(=O)(=O)N[C@@H](CC(C)C)C(=O)N/N=C\c2ccccc2OS(=O)(=O)c2ccc([N+](=O)[O-])cc2)cc1. The van der Waals surface area contributed by atoms with Crippen LogP contribution in [0.3, 0.4) is 0 Å². The number of nitro benzene ring substituents is 1. The minimum absolute atomic E-state index is 0.0171. The van der Waals surface area contributed by atoms with E-state index in [4.69, 9.17) is 4.18 Å². The summed E-state index contributed by atoms with van der Waals surface area (Å²) in [5, 5.41) is 14.7. The molecule has 14 heteroatoms. The Bertz CT molecular complexity index is 1600. The Kier molecular flexibility index (Phi) is 9.74. The fourth-order valence-electron chi connectivity index (χ4n) is 3.46. The highest BCUT2D eigenvalue weighted by Gasteiger charge is 2.26. The first-order valence-corrected chi connectivity index (χ1v) is 14.9. The zero-order valence-electron chi connectivity index (χ0n) is 21.8. The van der Waals surface area contributed by atoms with Gasteiger partial charge in [-0.15, -0.1) is 0 Å². The van der Waals surface area contributed by atoms with E-state index >= 15 is 0 Å². The van der Waals surface area contributed by atoms with Crippen molar-refractivity contribution in [1.29, 1.82) is 0 Å². The molecule has 0 fully saturated rings. The number of nitrogens with one attached hydrogen (secondary N) is 2. The normalized spacial score (nSPS) is 12.8. The van der Waals surface area contributed by atoms with Gasteiger partial charge in [-0.1, -0.05) is 43.7 Å². The van der Waals surface area contributed by atoms with E-state index in [1.807, 2.05) is 20.8 Å². The standard InChI is InChI=1S/C26H28N4O8S2/c1-18(2)16-24(29-39(34,35)22-12-8-19(3)9-13-22)26(31)28-27-17-20-6-4-5-7-25(20)38-40(36,37)23-14-10-21(11-15-23)30(32)33/h4-15,17-18,24,29H,16H2,1-3H3,(H,28,31)/b27-17-/t24-/m0/s1. The molecular weight excluding hydrogens is 560 g/mol. The molecule has 3 aromatic rings. The zero-order chi connectivity index (χ0) is 29.5. The molecule has 0 bridgehead atoms. The average molecular weight is 589 g/mol. The lowest BCUT2D eigenvalue weighted by atomic mass is 10.0. The lowest BCUT2D eigenvalue weighted by Gasteiger charge is -2.19. The molecule has 0 radical (unpaired) electrons. The number of hydrogen-bond acceptors (Lipinski definition) is 9. The molecule has 0 aliphatic heterocycles. The zero-order valence-corrected chi connectivity index (χ0v) is 23.5. The van der Waals surface area contributed by atoms with Crippen LogP contribution >= 0.6 is 0 Å². The number of aryl methyl sites for hydroxylation is 1. The van der Waals surface area contributed by atoms with Crippen LogP contribution in [0.25, 0.3) is 0 Å². The first-order chi connectivity index (χ1) is 18.8. The van der Waals surface area contributed by atoms with Crippen molar-refractivity contribution in [2.45, 2.75) is 43.0 Å². The van der Waals surface area contributed by atoms with E-state index in [1.54, 1.807) is 18.2 Å². The molecule has 0 aromatic heterocycles. The molecule has 0 unspecified atom stereocenters. The predicted octanol–water partition coefficient (Wildman–Crippen LogP) is 3.51. The highest BCUT2D eigenvalue weighted by Crippen LogP contribution is 2.23. The summed E-state index contributed by atoms with van der Waals surface area (Å²) < 4.78 is 58.7. The Labute approximate surface area is 232 Å². The van der Waals surface area contributed by atoms with Crippen LogP contribution in [0.1, 0.15) is 31.4 Å². The molecular formula is C26H28N4O8S2. The fraction of sp³-hybridized carbons (Fsp3) is 0.231. The van der Waals surface area contributed by atoms with E-state index in [9.17, 15) is 31.7 Å². The molecule has 1 atom stereocenters. The van der Waals surface area contributed by atoms with Crippen LogP contribution in [0.4, 0.5) is 5.69 Å². The molecule has 0 spiro atoms. The quantitative estimate of drug-likeness (QED) is 0.140. The Hall–Kier alpha value is -4.14. The van der Waals surface area contributed by atoms with Crippen LogP contribution in [-0.4, -0.2) is 39.9 Å². The number of amides is 1. The van der Waals surface area contributed by atoms with E-state index in [-0.39, 0.29) is 39.1 Å². The Balaban J connectivity index is 1.75. The van der Waals surface area contributed by atoms with Gasteiger partial charge in [0.15, 0.2) is 5.75 Å². The number of hydrazone groups is 1. The summed E-state index contributed by atoms with van der Waals surface area (Å²) in [6.45, 7) is 5.50. The van der Waals surface area contributed by atoms with Gasteiger partial charge in [-0.25, -0.2) is 13.8 Å². The summed E-state index contributed by atoms with van der Waals surface area (Å²) in [5.74, 6) is -0.852. The summed E-state index contributed by atoms with van der Waals surface area (Å²) in [6, 6.07) is 15.2. The van der Waals surface area contributed by atoms with Gasteiger partial charge in [0.05, 0.1) is 16.0 Å². The number of sulfonamides is 1. The van der Waals surface area contributed by atoms with E-state index in [2.05, 4.69) is 15.2 Å². The number of carbonyl (C=O) groups excluding carboxylic acids is 1. The summed E-state index contributed by atoms with van der Waals surface area (Å²) in [6.07, 6.45) is 1.35. The molecule has 3 aromatic carbocycles. The van der Waals surface area contributed by atoms with Crippen LogP contribution in [0.15, 0.2) is 87.7 Å². The molecule has 0 saturated heterocycles. The third-order valence-electron chi connectivity index (χ3n) is 5.49. The first kappa shape index (κ1) is 30.4. The van der Waals surface area contributed by atoms with Gasteiger partial charge >= 0.3 is 10.1 Å². The summed E-state index contributed by atoms with van der Waals surface area (Å²) in [7, 11) is -8.34. The smallest absolute Gasteiger partial charge is 0.339 e. The Morgan fingerprint density at radius 1 is 0.975 bits per heavy atom. The van der Waals surface area contributed by atoms with Crippen LogP contribution in [-0.2, 0) is 24.9 Å². The Morgan fingerprint density at radius 3 is 2.17 bits per heavy atom. The third kappa shape index (κ3) is 8.18. The van der Waals surface area contributed by atoms with Crippen molar-refractivity contribution in [2.24, 2.45) is 11.0 Å². The molecule has 40 heavy (non-hydrogen) atoms. The van der Waals surface area contributed by atoms with Crippen molar-refractivity contribution < 1.29 is 30.7 Å². The molecule has 212 valence electrons. The van der Waals surface area contributed by atoms with Crippen LogP contribution in [0, 0.1) is 23.0 Å². The molecule has 12 nitrogen and oxygen atoms in total. The van der Waals surface area contributed by atoms with Gasteiger partial charge in [0.2, 0.25) is 10.0 Å². The second-order valence-electron chi connectivity index (χ2n) is 9.18. The number of hydrogen-bond donors (Lipinski definition) is 2. The largest absolute Gasteiger partial charge is 0.378 e. The van der Waals surface area contributed by atoms with Gasteiger partial charge in [-0.2, -0.15) is 18.2 Å². The van der Waals surface area contributed by atoms with Crippen molar-refractivity contribution in [1.82, 2.24) is 10.1 Å². The van der Waals surface area contributed by atoms with E-state index in [0.717, 1.165) is 36.0 Å². The lowest BCUT2D eigenvalue weighted by Crippen LogP contribution is -2.46. The molecule has 3 rings (SSSR count). The maximum atomic E-state index is 12.9.